The predicted molar refractivity (Wildman–Crippen MR) is 59.3 cm³/mol. The molecule has 0 aliphatic rings. The summed E-state index contributed by atoms with van der Waals surface area (Å²) in [5, 5.41) is 12.0. The molecule has 2 nitrogen and oxygen atoms in total. The first kappa shape index (κ1) is 11.2. The van der Waals surface area contributed by atoms with Gasteiger partial charge in [0.15, 0.2) is 0 Å². The van der Waals surface area contributed by atoms with Crippen molar-refractivity contribution >= 4 is 0 Å². The lowest BCUT2D eigenvalue weighted by molar-refractivity contribution is 0.282. The van der Waals surface area contributed by atoms with Gasteiger partial charge < -0.3 is 10.4 Å². The highest BCUT2D eigenvalue weighted by atomic mass is 16.3. The Hall–Kier alpha value is -0.860. The standard InChI is InChI=1S/C12H19NO/c1-2-12(13-8-9-14)10-11-6-4-3-5-7-11/h3-7,12-14H,2,8-10H2,1H3/t12-/m1/s1. The zero-order chi connectivity index (χ0) is 10.2. The van der Waals surface area contributed by atoms with Crippen LogP contribution < -0.4 is 5.32 Å². The van der Waals surface area contributed by atoms with E-state index in [1.165, 1.54) is 5.56 Å². The highest BCUT2D eigenvalue weighted by Gasteiger charge is 2.05. The molecule has 14 heavy (non-hydrogen) atoms. The third-order valence-electron chi connectivity index (χ3n) is 2.36. The topological polar surface area (TPSA) is 32.3 Å². The molecule has 0 radical (unpaired) electrons. The molecular weight excluding hydrogens is 174 g/mol. The summed E-state index contributed by atoms with van der Waals surface area (Å²) >= 11 is 0. The van der Waals surface area contributed by atoms with Crippen molar-refractivity contribution in [3.8, 4) is 0 Å². The van der Waals surface area contributed by atoms with Gasteiger partial charge in [-0.05, 0) is 18.4 Å². The normalized spacial score (nSPS) is 12.7. The van der Waals surface area contributed by atoms with Gasteiger partial charge in [0.25, 0.3) is 0 Å². The lowest BCUT2D eigenvalue weighted by Gasteiger charge is -2.16. The molecule has 1 aromatic rings. The summed E-state index contributed by atoms with van der Waals surface area (Å²) in [6.45, 7) is 3.06. The molecule has 0 spiro atoms. The van der Waals surface area contributed by atoms with E-state index in [1.54, 1.807) is 0 Å². The minimum atomic E-state index is 0.214. The van der Waals surface area contributed by atoms with Gasteiger partial charge in [-0.3, -0.25) is 0 Å². The monoisotopic (exact) mass is 193 g/mol. The molecule has 0 unspecified atom stereocenters. The molecular formula is C12H19NO. The van der Waals surface area contributed by atoms with E-state index in [0.717, 1.165) is 12.8 Å². The van der Waals surface area contributed by atoms with Crippen LogP contribution in [0.1, 0.15) is 18.9 Å². The molecule has 2 N–H and O–H groups in total. The van der Waals surface area contributed by atoms with Gasteiger partial charge in [0.05, 0.1) is 6.61 Å². The van der Waals surface area contributed by atoms with E-state index in [-0.39, 0.29) is 6.61 Å². The first-order valence-corrected chi connectivity index (χ1v) is 5.25. The second-order valence-corrected chi connectivity index (χ2v) is 3.47. The quantitative estimate of drug-likeness (QED) is 0.719. The SMILES string of the molecule is CC[C@H](Cc1ccccc1)NCCO. The van der Waals surface area contributed by atoms with Crippen molar-refractivity contribution < 1.29 is 5.11 Å². The summed E-state index contributed by atoms with van der Waals surface area (Å²) in [4.78, 5) is 0. The van der Waals surface area contributed by atoms with Gasteiger partial charge in [0.1, 0.15) is 0 Å². The molecule has 1 atom stereocenters. The maximum absolute atomic E-state index is 8.71. The Bertz CT molecular complexity index is 235. The van der Waals surface area contributed by atoms with Crippen molar-refractivity contribution in [1.82, 2.24) is 5.32 Å². The number of rotatable bonds is 6. The van der Waals surface area contributed by atoms with Gasteiger partial charge in [0, 0.05) is 12.6 Å². The maximum Gasteiger partial charge on any atom is 0.0556 e. The minimum absolute atomic E-state index is 0.214. The Balaban J connectivity index is 2.40. The van der Waals surface area contributed by atoms with Crippen LogP contribution in [0.2, 0.25) is 0 Å². The number of hydrogen-bond donors (Lipinski definition) is 2. The van der Waals surface area contributed by atoms with E-state index in [1.807, 2.05) is 6.07 Å². The fraction of sp³-hybridized carbons (Fsp3) is 0.500. The summed E-state index contributed by atoms with van der Waals surface area (Å²) in [5.41, 5.74) is 1.35. The summed E-state index contributed by atoms with van der Waals surface area (Å²) in [6, 6.07) is 10.9. The van der Waals surface area contributed by atoms with Crippen molar-refractivity contribution in [3.63, 3.8) is 0 Å². The van der Waals surface area contributed by atoms with E-state index < -0.39 is 0 Å². The Kier molecular flexibility index (Phi) is 5.27. The molecule has 78 valence electrons. The summed E-state index contributed by atoms with van der Waals surface area (Å²) < 4.78 is 0. The van der Waals surface area contributed by atoms with E-state index >= 15 is 0 Å². The minimum Gasteiger partial charge on any atom is -0.395 e. The number of nitrogens with one attached hydrogen (secondary N) is 1. The van der Waals surface area contributed by atoms with Crippen LogP contribution in [0.4, 0.5) is 0 Å². The smallest absolute Gasteiger partial charge is 0.0556 e. The second-order valence-electron chi connectivity index (χ2n) is 3.47. The zero-order valence-corrected chi connectivity index (χ0v) is 8.74. The molecule has 0 saturated heterocycles. The summed E-state index contributed by atoms with van der Waals surface area (Å²) in [5.74, 6) is 0. The van der Waals surface area contributed by atoms with E-state index in [9.17, 15) is 0 Å². The van der Waals surface area contributed by atoms with Crippen LogP contribution in [0.25, 0.3) is 0 Å². The zero-order valence-electron chi connectivity index (χ0n) is 8.74. The number of aliphatic hydroxyl groups excluding tert-OH is 1. The lowest BCUT2D eigenvalue weighted by atomic mass is 10.0. The van der Waals surface area contributed by atoms with Crippen molar-refractivity contribution in [2.75, 3.05) is 13.2 Å². The highest BCUT2D eigenvalue weighted by molar-refractivity contribution is 5.15. The van der Waals surface area contributed by atoms with Crippen LogP contribution in [0.5, 0.6) is 0 Å². The molecule has 0 aliphatic carbocycles. The Labute approximate surface area is 86.0 Å². The van der Waals surface area contributed by atoms with Crippen molar-refractivity contribution in [2.45, 2.75) is 25.8 Å². The first-order valence-electron chi connectivity index (χ1n) is 5.25. The van der Waals surface area contributed by atoms with Crippen LogP contribution in [0.15, 0.2) is 30.3 Å². The average Bonchev–Trinajstić information content (AvgIpc) is 2.25. The van der Waals surface area contributed by atoms with E-state index in [2.05, 4.69) is 36.5 Å². The third kappa shape index (κ3) is 3.90. The molecule has 1 rings (SSSR count). The average molecular weight is 193 g/mol. The Morgan fingerprint density at radius 2 is 2.00 bits per heavy atom. The predicted octanol–water partition coefficient (Wildman–Crippen LogP) is 1.59. The largest absolute Gasteiger partial charge is 0.395 e. The van der Waals surface area contributed by atoms with Gasteiger partial charge in [0.2, 0.25) is 0 Å². The fourth-order valence-electron chi connectivity index (χ4n) is 1.53. The van der Waals surface area contributed by atoms with Crippen molar-refractivity contribution in [2.24, 2.45) is 0 Å². The molecule has 0 amide bonds. The molecule has 0 saturated carbocycles. The number of aliphatic hydroxyl groups is 1. The second kappa shape index (κ2) is 6.57. The van der Waals surface area contributed by atoms with Crippen LogP contribution in [0, 0.1) is 0 Å². The van der Waals surface area contributed by atoms with Crippen LogP contribution in [-0.2, 0) is 6.42 Å². The van der Waals surface area contributed by atoms with Crippen LogP contribution >= 0.6 is 0 Å². The molecule has 1 aromatic carbocycles. The number of benzene rings is 1. The molecule has 0 heterocycles. The van der Waals surface area contributed by atoms with Gasteiger partial charge in [-0.2, -0.15) is 0 Å². The van der Waals surface area contributed by atoms with Gasteiger partial charge >= 0.3 is 0 Å². The number of hydrogen-bond acceptors (Lipinski definition) is 2. The first-order chi connectivity index (χ1) is 6.86. The van der Waals surface area contributed by atoms with Crippen molar-refractivity contribution in [3.05, 3.63) is 35.9 Å². The Morgan fingerprint density at radius 1 is 1.29 bits per heavy atom. The van der Waals surface area contributed by atoms with Gasteiger partial charge in [-0.15, -0.1) is 0 Å². The van der Waals surface area contributed by atoms with E-state index in [0.29, 0.717) is 12.6 Å². The van der Waals surface area contributed by atoms with Crippen molar-refractivity contribution in [1.29, 1.82) is 0 Å². The van der Waals surface area contributed by atoms with Gasteiger partial charge in [-0.25, -0.2) is 0 Å². The van der Waals surface area contributed by atoms with Gasteiger partial charge in [-0.1, -0.05) is 37.3 Å². The summed E-state index contributed by atoms with van der Waals surface area (Å²) in [6.07, 6.45) is 2.13. The highest BCUT2D eigenvalue weighted by Crippen LogP contribution is 2.04. The molecule has 0 bridgehead atoms. The molecule has 0 aliphatic heterocycles. The summed E-state index contributed by atoms with van der Waals surface area (Å²) in [7, 11) is 0. The van der Waals surface area contributed by atoms with Crippen LogP contribution in [-0.4, -0.2) is 24.3 Å². The fourth-order valence-corrected chi connectivity index (χ4v) is 1.53. The third-order valence-corrected chi connectivity index (χ3v) is 2.36. The Morgan fingerprint density at radius 3 is 2.57 bits per heavy atom. The van der Waals surface area contributed by atoms with Crippen LogP contribution in [0.3, 0.4) is 0 Å². The molecule has 2 heteroatoms. The molecule has 0 fully saturated rings. The molecule has 0 aromatic heterocycles. The maximum atomic E-state index is 8.71. The van der Waals surface area contributed by atoms with E-state index in [4.69, 9.17) is 5.11 Å². The lowest BCUT2D eigenvalue weighted by Crippen LogP contribution is -2.32.